The molecule has 0 heterocycles. The van der Waals surface area contributed by atoms with Crippen LogP contribution in [0.2, 0.25) is 0 Å². The highest BCUT2D eigenvalue weighted by Crippen LogP contribution is 2.30. The Balaban J connectivity index is 2.05. The van der Waals surface area contributed by atoms with Gasteiger partial charge in [-0.25, -0.2) is 4.39 Å². The van der Waals surface area contributed by atoms with Crippen molar-refractivity contribution in [3.8, 4) is 5.75 Å². The van der Waals surface area contributed by atoms with Gasteiger partial charge in [0.25, 0.3) is 0 Å². The Morgan fingerprint density at radius 2 is 1.81 bits per heavy atom. The van der Waals surface area contributed by atoms with Gasteiger partial charge in [0, 0.05) is 17.6 Å². The van der Waals surface area contributed by atoms with Gasteiger partial charge in [-0.15, -0.1) is 0 Å². The van der Waals surface area contributed by atoms with Crippen molar-refractivity contribution in [2.75, 3.05) is 7.11 Å². The van der Waals surface area contributed by atoms with Crippen LogP contribution in [0.3, 0.4) is 0 Å². The molecule has 0 spiro atoms. The number of methoxy groups -OCH3 is 1. The Bertz CT molecular complexity index is 441. The van der Waals surface area contributed by atoms with E-state index in [0.29, 0.717) is 23.3 Å². The van der Waals surface area contributed by atoms with Crippen molar-refractivity contribution >= 4 is 0 Å². The largest absolute Gasteiger partial charge is 0.496 e. The van der Waals surface area contributed by atoms with Gasteiger partial charge in [-0.05, 0) is 44.7 Å². The fourth-order valence-electron chi connectivity index (χ4n) is 3.54. The second-order valence-electron chi connectivity index (χ2n) is 6.28. The maximum Gasteiger partial charge on any atom is 0.131 e. The van der Waals surface area contributed by atoms with E-state index in [1.165, 1.54) is 44.6 Å². The summed E-state index contributed by atoms with van der Waals surface area (Å²) < 4.78 is 19.4. The van der Waals surface area contributed by atoms with E-state index in [9.17, 15) is 4.39 Å². The van der Waals surface area contributed by atoms with E-state index in [4.69, 9.17) is 4.74 Å². The molecule has 2 atom stereocenters. The Morgan fingerprint density at radius 3 is 2.43 bits per heavy atom. The van der Waals surface area contributed by atoms with Crippen LogP contribution in [0.4, 0.5) is 4.39 Å². The van der Waals surface area contributed by atoms with Gasteiger partial charge in [0.1, 0.15) is 11.6 Å². The SMILES string of the molecule is COc1cccc(F)c1C(C)N[C@H](C)C1CCCCCC1. The lowest BCUT2D eigenvalue weighted by molar-refractivity contribution is 0.309. The van der Waals surface area contributed by atoms with E-state index in [0.717, 1.165) is 0 Å². The zero-order valence-electron chi connectivity index (χ0n) is 13.5. The van der Waals surface area contributed by atoms with Gasteiger partial charge >= 0.3 is 0 Å². The second kappa shape index (κ2) is 7.79. The third-order valence-corrected chi connectivity index (χ3v) is 4.79. The van der Waals surface area contributed by atoms with E-state index >= 15 is 0 Å². The van der Waals surface area contributed by atoms with Crippen LogP contribution in [-0.2, 0) is 0 Å². The van der Waals surface area contributed by atoms with Crippen molar-refractivity contribution in [2.24, 2.45) is 5.92 Å². The number of hydrogen-bond acceptors (Lipinski definition) is 2. The summed E-state index contributed by atoms with van der Waals surface area (Å²) in [5.41, 5.74) is 0.639. The van der Waals surface area contributed by atoms with Gasteiger partial charge < -0.3 is 10.1 Å². The summed E-state index contributed by atoms with van der Waals surface area (Å²) in [6.07, 6.45) is 7.95. The summed E-state index contributed by atoms with van der Waals surface area (Å²) in [5, 5.41) is 3.59. The highest BCUT2D eigenvalue weighted by Gasteiger charge is 2.23. The van der Waals surface area contributed by atoms with Gasteiger partial charge in [0.15, 0.2) is 0 Å². The van der Waals surface area contributed by atoms with Gasteiger partial charge in [-0.2, -0.15) is 0 Å². The van der Waals surface area contributed by atoms with E-state index < -0.39 is 0 Å². The molecule has 1 fully saturated rings. The van der Waals surface area contributed by atoms with Crippen LogP contribution in [0.25, 0.3) is 0 Å². The second-order valence-corrected chi connectivity index (χ2v) is 6.28. The molecular formula is C18H28FNO. The van der Waals surface area contributed by atoms with Gasteiger partial charge in [-0.1, -0.05) is 31.7 Å². The molecular weight excluding hydrogens is 265 g/mol. The summed E-state index contributed by atoms with van der Waals surface area (Å²) >= 11 is 0. The summed E-state index contributed by atoms with van der Waals surface area (Å²) in [7, 11) is 1.60. The predicted octanol–water partition coefficient (Wildman–Crippen LogP) is 4.84. The van der Waals surface area contributed by atoms with Crippen LogP contribution in [0.1, 0.15) is 64.0 Å². The monoisotopic (exact) mass is 293 g/mol. The maximum absolute atomic E-state index is 14.1. The van der Waals surface area contributed by atoms with Crippen molar-refractivity contribution in [3.05, 3.63) is 29.6 Å². The lowest BCUT2D eigenvalue weighted by Crippen LogP contribution is -2.35. The third-order valence-electron chi connectivity index (χ3n) is 4.79. The molecule has 0 bridgehead atoms. The van der Waals surface area contributed by atoms with Crippen molar-refractivity contribution in [2.45, 2.75) is 64.5 Å². The molecule has 1 saturated carbocycles. The number of benzene rings is 1. The summed E-state index contributed by atoms with van der Waals surface area (Å²) in [4.78, 5) is 0. The maximum atomic E-state index is 14.1. The molecule has 1 aliphatic carbocycles. The molecule has 1 aromatic carbocycles. The smallest absolute Gasteiger partial charge is 0.131 e. The molecule has 0 amide bonds. The Morgan fingerprint density at radius 1 is 1.14 bits per heavy atom. The molecule has 0 radical (unpaired) electrons. The molecule has 118 valence electrons. The van der Waals surface area contributed by atoms with Crippen molar-refractivity contribution in [1.29, 1.82) is 0 Å². The van der Waals surface area contributed by atoms with Gasteiger partial charge in [0.05, 0.1) is 7.11 Å². The molecule has 0 saturated heterocycles. The molecule has 0 aromatic heterocycles. The molecule has 21 heavy (non-hydrogen) atoms. The Labute approximate surface area is 128 Å². The Kier molecular flexibility index (Phi) is 6.04. The first kappa shape index (κ1) is 16.3. The standard InChI is InChI=1S/C18H28FNO/c1-13(15-9-6-4-5-7-10-15)20-14(2)18-16(19)11-8-12-17(18)21-3/h8,11-15,20H,4-7,9-10H2,1-3H3/t13-,14?/m1/s1. The topological polar surface area (TPSA) is 21.3 Å². The van der Waals surface area contributed by atoms with E-state index in [1.54, 1.807) is 13.2 Å². The van der Waals surface area contributed by atoms with Gasteiger partial charge in [0.2, 0.25) is 0 Å². The van der Waals surface area contributed by atoms with Crippen molar-refractivity contribution in [3.63, 3.8) is 0 Å². The number of halogens is 1. The van der Waals surface area contributed by atoms with Gasteiger partial charge in [-0.3, -0.25) is 0 Å². The normalized spacial score (nSPS) is 19.8. The lowest BCUT2D eigenvalue weighted by atomic mass is 9.92. The molecule has 1 aliphatic rings. The molecule has 1 unspecified atom stereocenters. The lowest BCUT2D eigenvalue weighted by Gasteiger charge is -2.28. The van der Waals surface area contributed by atoms with Crippen LogP contribution in [0.5, 0.6) is 5.75 Å². The molecule has 2 nitrogen and oxygen atoms in total. The van der Waals surface area contributed by atoms with Crippen LogP contribution in [-0.4, -0.2) is 13.2 Å². The van der Waals surface area contributed by atoms with Crippen LogP contribution >= 0.6 is 0 Å². The number of nitrogens with one attached hydrogen (secondary N) is 1. The van der Waals surface area contributed by atoms with E-state index in [-0.39, 0.29) is 11.9 Å². The summed E-state index contributed by atoms with van der Waals surface area (Å²) in [6, 6.07) is 5.39. The number of ether oxygens (including phenoxy) is 1. The fraction of sp³-hybridized carbons (Fsp3) is 0.667. The van der Waals surface area contributed by atoms with Crippen molar-refractivity contribution < 1.29 is 9.13 Å². The summed E-state index contributed by atoms with van der Waals surface area (Å²) in [6.45, 7) is 4.26. The average molecular weight is 293 g/mol. The first-order chi connectivity index (χ1) is 10.1. The molecule has 2 rings (SSSR count). The highest BCUT2D eigenvalue weighted by molar-refractivity contribution is 5.36. The third kappa shape index (κ3) is 4.19. The van der Waals surface area contributed by atoms with E-state index in [2.05, 4.69) is 12.2 Å². The van der Waals surface area contributed by atoms with E-state index in [1.807, 2.05) is 13.0 Å². The average Bonchev–Trinajstić information content (AvgIpc) is 2.75. The number of hydrogen-bond donors (Lipinski definition) is 1. The molecule has 1 N–H and O–H groups in total. The van der Waals surface area contributed by atoms with Crippen LogP contribution in [0, 0.1) is 11.7 Å². The minimum atomic E-state index is -0.192. The minimum Gasteiger partial charge on any atom is -0.496 e. The molecule has 1 aromatic rings. The highest BCUT2D eigenvalue weighted by atomic mass is 19.1. The molecule has 3 heteroatoms. The van der Waals surface area contributed by atoms with Crippen LogP contribution < -0.4 is 10.1 Å². The first-order valence-corrected chi connectivity index (χ1v) is 8.22. The number of rotatable bonds is 5. The quantitative estimate of drug-likeness (QED) is 0.784. The fourth-order valence-corrected chi connectivity index (χ4v) is 3.54. The molecule has 0 aliphatic heterocycles. The van der Waals surface area contributed by atoms with Crippen LogP contribution in [0.15, 0.2) is 18.2 Å². The first-order valence-electron chi connectivity index (χ1n) is 8.22. The zero-order chi connectivity index (χ0) is 15.2. The predicted molar refractivity (Wildman–Crippen MR) is 85.2 cm³/mol. The summed E-state index contributed by atoms with van der Waals surface area (Å²) in [5.74, 6) is 1.14. The van der Waals surface area contributed by atoms with Crippen molar-refractivity contribution in [1.82, 2.24) is 5.32 Å². The minimum absolute atomic E-state index is 0.0422. The zero-order valence-corrected chi connectivity index (χ0v) is 13.5. The Hall–Kier alpha value is -1.09.